The summed E-state index contributed by atoms with van der Waals surface area (Å²) in [5.41, 5.74) is -0.295. The zero-order chi connectivity index (χ0) is 18.1. The Balaban J connectivity index is 1.96. The summed E-state index contributed by atoms with van der Waals surface area (Å²) < 4.78 is 3.91. The van der Waals surface area contributed by atoms with Crippen molar-refractivity contribution in [3.8, 4) is 0 Å². The number of aryl methyl sites for hydroxylation is 1. The molecule has 1 fully saturated rings. The molecule has 2 aromatic heterocycles. The van der Waals surface area contributed by atoms with Gasteiger partial charge in [0.2, 0.25) is 5.91 Å². The van der Waals surface area contributed by atoms with Crippen LogP contribution in [-0.4, -0.2) is 55.2 Å². The number of aromatic nitrogens is 4. The summed E-state index contributed by atoms with van der Waals surface area (Å²) in [5, 5.41) is 3.28. The largest absolute Gasteiger partial charge is 0.337 e. The number of nitrogens with zero attached hydrogens (tertiary/aromatic N) is 5. The lowest BCUT2D eigenvalue weighted by atomic mass is 10.2. The Hall–Kier alpha value is -2.42. The SMILES string of the molecule is CCCN(C(=O)Cn1cnc2c1c(=O)n(C)c(=O)n2C)C1CCNC1. The zero-order valence-corrected chi connectivity index (χ0v) is 14.9. The molecule has 3 heterocycles. The molecule has 1 N–H and O–H groups in total. The summed E-state index contributed by atoms with van der Waals surface area (Å²) in [6.45, 7) is 4.48. The number of imidazole rings is 1. The average molecular weight is 348 g/mol. The minimum Gasteiger partial charge on any atom is -0.337 e. The molecule has 0 aromatic carbocycles. The van der Waals surface area contributed by atoms with Gasteiger partial charge in [-0.05, 0) is 19.4 Å². The molecule has 0 aliphatic carbocycles. The number of hydrogen-bond acceptors (Lipinski definition) is 5. The second-order valence-electron chi connectivity index (χ2n) is 6.48. The fourth-order valence-corrected chi connectivity index (χ4v) is 3.41. The average Bonchev–Trinajstić information content (AvgIpc) is 3.26. The van der Waals surface area contributed by atoms with E-state index in [1.54, 1.807) is 11.6 Å². The van der Waals surface area contributed by atoms with Crippen molar-refractivity contribution in [3.05, 3.63) is 27.2 Å². The molecule has 3 rings (SSSR count). The predicted molar refractivity (Wildman–Crippen MR) is 93.5 cm³/mol. The molecule has 0 bridgehead atoms. The first kappa shape index (κ1) is 17.4. The molecular formula is C16H24N6O3. The Morgan fingerprint density at radius 1 is 1.36 bits per heavy atom. The van der Waals surface area contributed by atoms with E-state index in [2.05, 4.69) is 10.3 Å². The molecule has 9 heteroatoms. The van der Waals surface area contributed by atoms with Gasteiger partial charge in [-0.3, -0.25) is 18.7 Å². The van der Waals surface area contributed by atoms with E-state index in [0.717, 1.165) is 30.5 Å². The second kappa shape index (κ2) is 6.83. The predicted octanol–water partition coefficient (Wildman–Crippen LogP) is -0.966. The van der Waals surface area contributed by atoms with Crippen LogP contribution in [0.15, 0.2) is 15.9 Å². The Kier molecular flexibility index (Phi) is 4.76. The van der Waals surface area contributed by atoms with Crippen molar-refractivity contribution in [2.75, 3.05) is 19.6 Å². The molecule has 1 aliphatic rings. The summed E-state index contributed by atoms with van der Waals surface area (Å²) >= 11 is 0. The Bertz CT molecular complexity index is 903. The maximum Gasteiger partial charge on any atom is 0.332 e. The lowest BCUT2D eigenvalue weighted by Gasteiger charge is -2.28. The minimum atomic E-state index is -0.437. The highest BCUT2D eigenvalue weighted by atomic mass is 16.2. The smallest absolute Gasteiger partial charge is 0.332 e. The van der Waals surface area contributed by atoms with Crippen LogP contribution < -0.4 is 16.6 Å². The summed E-state index contributed by atoms with van der Waals surface area (Å²) in [6, 6.07) is 0.189. The summed E-state index contributed by atoms with van der Waals surface area (Å²) in [5.74, 6) is -0.0363. The lowest BCUT2D eigenvalue weighted by molar-refractivity contribution is -0.133. The molecule has 25 heavy (non-hydrogen) atoms. The summed E-state index contributed by atoms with van der Waals surface area (Å²) in [7, 11) is 2.99. The molecule has 0 spiro atoms. The fourth-order valence-electron chi connectivity index (χ4n) is 3.41. The third kappa shape index (κ3) is 2.99. The molecule has 1 saturated heterocycles. The van der Waals surface area contributed by atoms with Crippen molar-refractivity contribution in [3.63, 3.8) is 0 Å². The Morgan fingerprint density at radius 2 is 2.12 bits per heavy atom. The maximum atomic E-state index is 12.9. The van der Waals surface area contributed by atoms with Gasteiger partial charge in [0.15, 0.2) is 11.2 Å². The van der Waals surface area contributed by atoms with Crippen molar-refractivity contribution in [2.24, 2.45) is 14.1 Å². The van der Waals surface area contributed by atoms with Gasteiger partial charge < -0.3 is 14.8 Å². The van der Waals surface area contributed by atoms with E-state index in [0.29, 0.717) is 12.2 Å². The minimum absolute atomic E-state index is 0.0363. The van der Waals surface area contributed by atoms with Crippen LogP contribution in [0, 0.1) is 0 Å². The van der Waals surface area contributed by atoms with Crippen LogP contribution in [-0.2, 0) is 25.4 Å². The summed E-state index contributed by atoms with van der Waals surface area (Å²) in [6.07, 6.45) is 3.27. The van der Waals surface area contributed by atoms with Gasteiger partial charge in [-0.25, -0.2) is 9.78 Å². The van der Waals surface area contributed by atoms with Crippen LogP contribution in [0.3, 0.4) is 0 Å². The van der Waals surface area contributed by atoms with Crippen LogP contribution in [0.1, 0.15) is 19.8 Å². The van der Waals surface area contributed by atoms with E-state index in [-0.39, 0.29) is 24.0 Å². The van der Waals surface area contributed by atoms with Gasteiger partial charge in [0.25, 0.3) is 5.56 Å². The number of nitrogens with one attached hydrogen (secondary N) is 1. The normalized spacial score (nSPS) is 17.3. The van der Waals surface area contributed by atoms with Crippen LogP contribution in [0.4, 0.5) is 0 Å². The highest BCUT2D eigenvalue weighted by molar-refractivity contribution is 5.79. The molecule has 2 aromatic rings. The van der Waals surface area contributed by atoms with E-state index in [4.69, 9.17) is 0 Å². The van der Waals surface area contributed by atoms with Crippen molar-refractivity contribution < 1.29 is 4.79 Å². The molecule has 0 saturated carbocycles. The van der Waals surface area contributed by atoms with Crippen LogP contribution in [0.25, 0.3) is 11.2 Å². The number of hydrogen-bond donors (Lipinski definition) is 1. The first-order chi connectivity index (χ1) is 12.0. The Morgan fingerprint density at radius 3 is 2.76 bits per heavy atom. The first-order valence-electron chi connectivity index (χ1n) is 8.56. The third-order valence-corrected chi connectivity index (χ3v) is 4.78. The van der Waals surface area contributed by atoms with Gasteiger partial charge in [0.05, 0.1) is 6.33 Å². The van der Waals surface area contributed by atoms with E-state index in [1.165, 1.54) is 17.9 Å². The molecule has 1 atom stereocenters. The van der Waals surface area contributed by atoms with Gasteiger partial charge in [-0.2, -0.15) is 0 Å². The maximum absolute atomic E-state index is 12.9. The molecular weight excluding hydrogens is 324 g/mol. The van der Waals surface area contributed by atoms with Crippen molar-refractivity contribution >= 4 is 17.1 Å². The molecule has 1 aliphatic heterocycles. The van der Waals surface area contributed by atoms with Crippen LogP contribution in [0.2, 0.25) is 0 Å². The van der Waals surface area contributed by atoms with E-state index < -0.39 is 11.2 Å². The highest BCUT2D eigenvalue weighted by Crippen LogP contribution is 2.12. The van der Waals surface area contributed by atoms with Crippen LogP contribution >= 0.6 is 0 Å². The van der Waals surface area contributed by atoms with Gasteiger partial charge in [-0.1, -0.05) is 6.92 Å². The summed E-state index contributed by atoms with van der Waals surface area (Å²) in [4.78, 5) is 43.4. The van der Waals surface area contributed by atoms with Gasteiger partial charge in [0, 0.05) is 33.2 Å². The zero-order valence-electron chi connectivity index (χ0n) is 14.9. The molecule has 9 nitrogen and oxygen atoms in total. The van der Waals surface area contributed by atoms with Crippen molar-refractivity contribution in [1.29, 1.82) is 0 Å². The highest BCUT2D eigenvalue weighted by Gasteiger charge is 2.26. The molecule has 136 valence electrons. The van der Waals surface area contributed by atoms with E-state index in [9.17, 15) is 14.4 Å². The van der Waals surface area contributed by atoms with Crippen LogP contribution in [0.5, 0.6) is 0 Å². The Labute approximate surface area is 144 Å². The molecule has 1 unspecified atom stereocenters. The number of carbonyl (C=O) groups is 1. The van der Waals surface area contributed by atoms with E-state index >= 15 is 0 Å². The number of rotatable bonds is 5. The second-order valence-corrected chi connectivity index (χ2v) is 6.48. The first-order valence-corrected chi connectivity index (χ1v) is 8.56. The van der Waals surface area contributed by atoms with Gasteiger partial charge in [-0.15, -0.1) is 0 Å². The van der Waals surface area contributed by atoms with Crippen molar-refractivity contribution in [1.82, 2.24) is 28.9 Å². The van der Waals surface area contributed by atoms with Gasteiger partial charge in [0.1, 0.15) is 6.54 Å². The topological polar surface area (TPSA) is 94.2 Å². The molecule has 1 amide bonds. The quantitative estimate of drug-likeness (QED) is 0.751. The lowest BCUT2D eigenvalue weighted by Crippen LogP contribution is -2.44. The number of fused-ring (bicyclic) bond motifs is 1. The van der Waals surface area contributed by atoms with Gasteiger partial charge >= 0.3 is 5.69 Å². The standard InChI is InChI=1S/C16H24N6O3/c1-4-7-22(11-5-6-17-8-11)12(23)9-21-10-18-14-13(21)15(24)20(3)16(25)19(14)2/h10-11,17H,4-9H2,1-3H3. The van der Waals surface area contributed by atoms with Crippen molar-refractivity contribution in [2.45, 2.75) is 32.4 Å². The third-order valence-electron chi connectivity index (χ3n) is 4.78. The number of carbonyl (C=O) groups excluding carboxylic acids is 1. The monoisotopic (exact) mass is 348 g/mol. The molecule has 0 radical (unpaired) electrons. The van der Waals surface area contributed by atoms with E-state index in [1.807, 2.05) is 11.8 Å². The number of amides is 1. The fraction of sp³-hybridized carbons (Fsp3) is 0.625.